The van der Waals surface area contributed by atoms with Crippen molar-refractivity contribution in [1.29, 1.82) is 0 Å². The van der Waals surface area contributed by atoms with Crippen molar-refractivity contribution in [2.45, 2.75) is 24.5 Å². The van der Waals surface area contributed by atoms with Crippen molar-refractivity contribution in [3.05, 3.63) is 37.1 Å². The summed E-state index contributed by atoms with van der Waals surface area (Å²) in [7, 11) is 0. The molecule has 0 amide bonds. The van der Waals surface area contributed by atoms with Gasteiger partial charge in [0.05, 0.1) is 25.9 Å². The molecule has 0 aliphatic carbocycles. The van der Waals surface area contributed by atoms with Gasteiger partial charge >= 0.3 is 0 Å². The minimum atomic E-state index is -0.148. The van der Waals surface area contributed by atoms with E-state index in [0.29, 0.717) is 12.5 Å². The fourth-order valence-corrected chi connectivity index (χ4v) is 3.07. The Morgan fingerprint density at radius 1 is 1.14 bits per heavy atom. The second-order valence-electron chi connectivity index (χ2n) is 5.71. The van der Waals surface area contributed by atoms with Crippen molar-refractivity contribution in [2.75, 3.05) is 24.6 Å². The van der Waals surface area contributed by atoms with Gasteiger partial charge in [-0.1, -0.05) is 0 Å². The van der Waals surface area contributed by atoms with Gasteiger partial charge in [-0.05, 0) is 6.07 Å². The Kier molecular flexibility index (Phi) is 3.34. The SMILES string of the molecule is c1cnc(N2CC3(CC(Oc4cnccn4)CCO3)C2)nc1. The molecule has 114 valence electrons. The van der Waals surface area contributed by atoms with Gasteiger partial charge in [-0.2, -0.15) is 0 Å². The lowest BCUT2D eigenvalue weighted by Crippen LogP contribution is -2.66. The van der Waals surface area contributed by atoms with E-state index in [1.54, 1.807) is 31.0 Å². The molecule has 2 saturated heterocycles. The Morgan fingerprint density at radius 3 is 2.77 bits per heavy atom. The van der Waals surface area contributed by atoms with Crippen molar-refractivity contribution in [2.24, 2.45) is 0 Å². The van der Waals surface area contributed by atoms with E-state index < -0.39 is 0 Å². The fraction of sp³-hybridized carbons (Fsp3) is 0.467. The molecule has 22 heavy (non-hydrogen) atoms. The van der Waals surface area contributed by atoms with Crippen molar-refractivity contribution in [1.82, 2.24) is 19.9 Å². The average Bonchev–Trinajstić information content (AvgIpc) is 2.54. The maximum Gasteiger partial charge on any atom is 0.232 e. The second kappa shape index (κ2) is 5.49. The van der Waals surface area contributed by atoms with Crippen LogP contribution in [0.15, 0.2) is 37.1 Å². The van der Waals surface area contributed by atoms with Crippen molar-refractivity contribution in [3.8, 4) is 5.88 Å². The van der Waals surface area contributed by atoms with Crippen LogP contribution in [0.5, 0.6) is 5.88 Å². The zero-order valence-electron chi connectivity index (χ0n) is 12.1. The first-order chi connectivity index (χ1) is 10.8. The van der Waals surface area contributed by atoms with Crippen LogP contribution in [-0.4, -0.2) is 51.3 Å². The van der Waals surface area contributed by atoms with Gasteiger partial charge in [0.1, 0.15) is 11.7 Å². The van der Waals surface area contributed by atoms with E-state index in [0.717, 1.165) is 31.9 Å². The van der Waals surface area contributed by atoms with Crippen LogP contribution in [0.2, 0.25) is 0 Å². The molecule has 0 saturated carbocycles. The van der Waals surface area contributed by atoms with E-state index in [-0.39, 0.29) is 11.7 Å². The zero-order chi connectivity index (χ0) is 14.8. The van der Waals surface area contributed by atoms with Gasteiger partial charge < -0.3 is 14.4 Å². The van der Waals surface area contributed by atoms with Crippen LogP contribution < -0.4 is 9.64 Å². The van der Waals surface area contributed by atoms with Gasteiger partial charge in [0.2, 0.25) is 11.8 Å². The lowest BCUT2D eigenvalue weighted by Gasteiger charge is -2.52. The summed E-state index contributed by atoms with van der Waals surface area (Å²) in [5.41, 5.74) is -0.148. The molecule has 0 aromatic carbocycles. The van der Waals surface area contributed by atoms with E-state index in [9.17, 15) is 0 Å². The Balaban J connectivity index is 1.38. The highest BCUT2D eigenvalue weighted by atomic mass is 16.5. The lowest BCUT2D eigenvalue weighted by molar-refractivity contribution is -0.127. The summed E-state index contributed by atoms with van der Waals surface area (Å²) < 4.78 is 11.9. The summed E-state index contributed by atoms with van der Waals surface area (Å²) in [5, 5.41) is 0. The third-order valence-electron chi connectivity index (χ3n) is 4.07. The first kappa shape index (κ1) is 13.4. The van der Waals surface area contributed by atoms with E-state index >= 15 is 0 Å². The van der Waals surface area contributed by atoms with Crippen LogP contribution in [0.3, 0.4) is 0 Å². The van der Waals surface area contributed by atoms with Crippen molar-refractivity contribution >= 4 is 5.95 Å². The minimum Gasteiger partial charge on any atom is -0.473 e. The van der Waals surface area contributed by atoms with E-state index in [2.05, 4.69) is 24.8 Å². The Bertz CT molecular complexity index is 618. The summed E-state index contributed by atoms with van der Waals surface area (Å²) in [6, 6.07) is 1.82. The molecule has 2 aliphatic rings. The van der Waals surface area contributed by atoms with Crippen molar-refractivity contribution < 1.29 is 9.47 Å². The van der Waals surface area contributed by atoms with Gasteiger partial charge in [0, 0.05) is 37.6 Å². The zero-order valence-corrected chi connectivity index (χ0v) is 12.1. The molecule has 0 bridgehead atoms. The summed E-state index contributed by atoms with van der Waals surface area (Å²) in [6.45, 7) is 2.31. The van der Waals surface area contributed by atoms with Gasteiger partial charge in [-0.3, -0.25) is 4.98 Å². The highest BCUT2D eigenvalue weighted by molar-refractivity contribution is 5.37. The first-order valence-electron chi connectivity index (χ1n) is 7.42. The Morgan fingerprint density at radius 2 is 2.00 bits per heavy atom. The molecule has 2 fully saturated rings. The highest BCUT2D eigenvalue weighted by Gasteiger charge is 2.49. The van der Waals surface area contributed by atoms with Crippen LogP contribution in [0, 0.1) is 0 Å². The summed E-state index contributed by atoms with van der Waals surface area (Å²) >= 11 is 0. The number of rotatable bonds is 3. The maximum absolute atomic E-state index is 6.01. The molecule has 1 unspecified atom stereocenters. The summed E-state index contributed by atoms with van der Waals surface area (Å²) in [6.07, 6.45) is 10.3. The maximum atomic E-state index is 6.01. The third kappa shape index (κ3) is 2.59. The van der Waals surface area contributed by atoms with E-state index in [1.165, 1.54) is 0 Å². The van der Waals surface area contributed by atoms with Gasteiger partial charge in [0.25, 0.3) is 0 Å². The molecule has 2 aromatic rings. The fourth-order valence-electron chi connectivity index (χ4n) is 3.07. The predicted molar refractivity (Wildman–Crippen MR) is 78.6 cm³/mol. The number of ether oxygens (including phenoxy) is 2. The largest absolute Gasteiger partial charge is 0.473 e. The van der Waals surface area contributed by atoms with Crippen LogP contribution in [0.25, 0.3) is 0 Å². The monoisotopic (exact) mass is 299 g/mol. The number of aromatic nitrogens is 4. The quantitative estimate of drug-likeness (QED) is 0.839. The molecule has 2 aliphatic heterocycles. The van der Waals surface area contributed by atoms with Crippen LogP contribution >= 0.6 is 0 Å². The lowest BCUT2D eigenvalue weighted by atomic mass is 9.85. The molecule has 1 spiro atoms. The molecule has 7 heteroatoms. The van der Waals surface area contributed by atoms with Gasteiger partial charge in [-0.25, -0.2) is 15.0 Å². The van der Waals surface area contributed by atoms with Gasteiger partial charge in [-0.15, -0.1) is 0 Å². The number of hydrogen-bond donors (Lipinski definition) is 0. The van der Waals surface area contributed by atoms with Crippen molar-refractivity contribution in [3.63, 3.8) is 0 Å². The molecule has 0 N–H and O–H groups in total. The van der Waals surface area contributed by atoms with Crippen LogP contribution in [-0.2, 0) is 4.74 Å². The standard InChI is InChI=1S/C15H17N5O2/c1-3-18-14(19-4-1)20-10-15(11-20)8-12(2-7-21-15)22-13-9-16-5-6-17-13/h1,3-6,9,12H,2,7-8,10-11H2. The predicted octanol–water partition coefficient (Wildman–Crippen LogP) is 1.08. The van der Waals surface area contributed by atoms with E-state index in [1.807, 2.05) is 6.07 Å². The third-order valence-corrected chi connectivity index (χ3v) is 4.07. The first-order valence-corrected chi connectivity index (χ1v) is 7.42. The molecule has 7 nitrogen and oxygen atoms in total. The summed E-state index contributed by atoms with van der Waals surface area (Å²) in [4.78, 5) is 18.9. The summed E-state index contributed by atoms with van der Waals surface area (Å²) in [5.74, 6) is 1.33. The minimum absolute atomic E-state index is 0.115. The Labute approximate surface area is 128 Å². The topological polar surface area (TPSA) is 73.3 Å². The highest BCUT2D eigenvalue weighted by Crippen LogP contribution is 2.36. The van der Waals surface area contributed by atoms with Gasteiger partial charge in [0.15, 0.2) is 0 Å². The molecule has 4 heterocycles. The van der Waals surface area contributed by atoms with Crippen LogP contribution in [0.1, 0.15) is 12.8 Å². The smallest absolute Gasteiger partial charge is 0.232 e. The average molecular weight is 299 g/mol. The normalized spacial score (nSPS) is 23.1. The molecule has 2 aromatic heterocycles. The molecular weight excluding hydrogens is 282 g/mol. The number of anilines is 1. The second-order valence-corrected chi connectivity index (χ2v) is 5.71. The number of nitrogens with zero attached hydrogens (tertiary/aromatic N) is 5. The Hall–Kier alpha value is -2.28. The number of hydrogen-bond acceptors (Lipinski definition) is 7. The molecule has 0 radical (unpaired) electrons. The van der Waals surface area contributed by atoms with Crippen LogP contribution in [0.4, 0.5) is 5.95 Å². The molecular formula is C15H17N5O2. The molecule has 1 atom stereocenters. The molecule has 4 rings (SSSR count). The van der Waals surface area contributed by atoms with E-state index in [4.69, 9.17) is 9.47 Å².